The van der Waals surface area contributed by atoms with Crippen molar-refractivity contribution in [3.63, 3.8) is 0 Å². The Hall–Kier alpha value is -2.46. The molecule has 0 fully saturated rings. The fourth-order valence-electron chi connectivity index (χ4n) is 3.41. The fraction of sp³-hybridized carbons (Fsp3) is 0.273. The van der Waals surface area contributed by atoms with E-state index in [2.05, 4.69) is 28.5 Å². The molecule has 1 amide bonds. The third kappa shape index (κ3) is 3.86. The predicted octanol–water partition coefficient (Wildman–Crippen LogP) is 5.18. The van der Waals surface area contributed by atoms with E-state index in [9.17, 15) is 4.79 Å². The maximum Gasteiger partial charge on any atom is 0.230 e. The van der Waals surface area contributed by atoms with E-state index in [1.54, 1.807) is 0 Å². The molecular formula is C22H22N2OS. The van der Waals surface area contributed by atoms with Crippen LogP contribution < -0.4 is 5.32 Å². The number of anilines is 1. The summed E-state index contributed by atoms with van der Waals surface area (Å²) in [6.07, 6.45) is 5.28. The van der Waals surface area contributed by atoms with Crippen LogP contribution in [0.3, 0.4) is 0 Å². The average molecular weight is 362 g/mol. The van der Waals surface area contributed by atoms with Crippen molar-refractivity contribution in [2.75, 3.05) is 5.32 Å². The van der Waals surface area contributed by atoms with E-state index in [0.29, 0.717) is 11.6 Å². The molecule has 4 rings (SSSR count). The highest BCUT2D eigenvalue weighted by molar-refractivity contribution is 7.14. The number of benzene rings is 2. The average Bonchev–Trinajstić information content (AvgIpc) is 3.11. The Bertz CT molecular complexity index is 928. The molecule has 1 aromatic heterocycles. The summed E-state index contributed by atoms with van der Waals surface area (Å²) in [5.74, 6) is -0.0276. The number of nitrogens with one attached hydrogen (secondary N) is 1. The zero-order valence-corrected chi connectivity index (χ0v) is 15.7. The van der Waals surface area contributed by atoms with Crippen molar-refractivity contribution in [1.82, 2.24) is 4.98 Å². The molecule has 3 aromatic rings. The smallest absolute Gasteiger partial charge is 0.230 e. The molecule has 0 unspecified atom stereocenters. The maximum atomic E-state index is 12.3. The number of hydrogen-bond acceptors (Lipinski definition) is 3. The summed E-state index contributed by atoms with van der Waals surface area (Å²) in [7, 11) is 0. The zero-order valence-electron chi connectivity index (χ0n) is 14.9. The van der Waals surface area contributed by atoms with Crippen LogP contribution >= 0.6 is 11.3 Å². The number of thiazole rings is 1. The van der Waals surface area contributed by atoms with Crippen LogP contribution in [0.15, 0.2) is 47.8 Å². The lowest BCUT2D eigenvalue weighted by atomic mass is 9.90. The Morgan fingerprint density at radius 1 is 1.08 bits per heavy atom. The van der Waals surface area contributed by atoms with Gasteiger partial charge in [-0.1, -0.05) is 42.0 Å². The van der Waals surface area contributed by atoms with Gasteiger partial charge >= 0.3 is 0 Å². The van der Waals surface area contributed by atoms with Crippen LogP contribution in [-0.4, -0.2) is 10.9 Å². The number of aromatic nitrogens is 1. The summed E-state index contributed by atoms with van der Waals surface area (Å²) in [6.45, 7) is 2.04. The van der Waals surface area contributed by atoms with Crippen molar-refractivity contribution in [2.45, 2.75) is 39.0 Å². The van der Waals surface area contributed by atoms with E-state index >= 15 is 0 Å². The monoisotopic (exact) mass is 362 g/mol. The molecule has 132 valence electrons. The van der Waals surface area contributed by atoms with Gasteiger partial charge in [0.25, 0.3) is 0 Å². The van der Waals surface area contributed by atoms with Gasteiger partial charge in [0, 0.05) is 10.9 Å². The van der Waals surface area contributed by atoms with E-state index < -0.39 is 0 Å². The van der Waals surface area contributed by atoms with Crippen LogP contribution in [0.2, 0.25) is 0 Å². The van der Waals surface area contributed by atoms with Crippen molar-refractivity contribution in [2.24, 2.45) is 0 Å². The van der Waals surface area contributed by atoms with Crippen molar-refractivity contribution in [1.29, 1.82) is 0 Å². The number of amides is 1. The van der Waals surface area contributed by atoms with Gasteiger partial charge < -0.3 is 5.32 Å². The minimum Gasteiger partial charge on any atom is -0.302 e. The van der Waals surface area contributed by atoms with Gasteiger partial charge in [-0.15, -0.1) is 11.3 Å². The number of hydrogen-bond donors (Lipinski definition) is 1. The zero-order chi connectivity index (χ0) is 17.9. The molecule has 1 aliphatic carbocycles. The number of nitrogens with zero attached hydrogens (tertiary/aromatic N) is 1. The fourth-order valence-corrected chi connectivity index (χ4v) is 4.15. The first-order chi connectivity index (χ1) is 12.7. The van der Waals surface area contributed by atoms with Crippen LogP contribution in [0.5, 0.6) is 0 Å². The molecule has 1 N–H and O–H groups in total. The van der Waals surface area contributed by atoms with Crippen molar-refractivity contribution >= 4 is 22.4 Å². The lowest BCUT2D eigenvalue weighted by molar-refractivity contribution is -0.115. The molecule has 0 radical (unpaired) electrons. The first-order valence-electron chi connectivity index (χ1n) is 9.10. The molecule has 0 aliphatic heterocycles. The van der Waals surface area contributed by atoms with Crippen molar-refractivity contribution < 1.29 is 4.79 Å². The van der Waals surface area contributed by atoms with Crippen LogP contribution in [0.1, 0.15) is 35.1 Å². The number of carbonyl (C=O) groups excluding carboxylic acids is 1. The number of fused-ring (bicyclic) bond motifs is 1. The highest BCUT2D eigenvalue weighted by Gasteiger charge is 2.13. The lowest BCUT2D eigenvalue weighted by Gasteiger charge is -2.16. The second-order valence-electron chi connectivity index (χ2n) is 6.94. The molecule has 0 bridgehead atoms. The van der Waals surface area contributed by atoms with E-state index in [-0.39, 0.29) is 5.91 Å². The first-order valence-corrected chi connectivity index (χ1v) is 9.98. The summed E-state index contributed by atoms with van der Waals surface area (Å²) >= 11 is 1.48. The van der Waals surface area contributed by atoms with Gasteiger partial charge in [0.1, 0.15) is 0 Å². The van der Waals surface area contributed by atoms with E-state index in [0.717, 1.165) is 23.2 Å². The topological polar surface area (TPSA) is 42.0 Å². The van der Waals surface area contributed by atoms with Crippen LogP contribution in [0, 0.1) is 6.92 Å². The van der Waals surface area contributed by atoms with Gasteiger partial charge in [-0.2, -0.15) is 0 Å². The summed E-state index contributed by atoms with van der Waals surface area (Å²) in [5.41, 5.74) is 7.21. The van der Waals surface area contributed by atoms with Gasteiger partial charge in [0.2, 0.25) is 5.91 Å². The van der Waals surface area contributed by atoms with Crippen LogP contribution in [0.4, 0.5) is 5.13 Å². The first kappa shape index (κ1) is 17.0. The highest BCUT2D eigenvalue weighted by Crippen LogP contribution is 2.29. The van der Waals surface area contributed by atoms with Gasteiger partial charge in [-0.25, -0.2) is 4.98 Å². The summed E-state index contributed by atoms with van der Waals surface area (Å²) in [4.78, 5) is 16.9. The molecule has 2 aromatic carbocycles. The molecule has 4 heteroatoms. The maximum absolute atomic E-state index is 12.3. The van der Waals surface area contributed by atoms with E-state index in [1.807, 2.05) is 36.6 Å². The Morgan fingerprint density at radius 2 is 1.85 bits per heavy atom. The summed E-state index contributed by atoms with van der Waals surface area (Å²) in [6, 6.07) is 14.7. The number of rotatable bonds is 4. The molecule has 26 heavy (non-hydrogen) atoms. The second-order valence-corrected chi connectivity index (χ2v) is 7.80. The lowest BCUT2D eigenvalue weighted by Crippen LogP contribution is -2.14. The van der Waals surface area contributed by atoms with E-state index in [1.165, 1.54) is 47.3 Å². The quantitative estimate of drug-likeness (QED) is 0.695. The van der Waals surface area contributed by atoms with Gasteiger partial charge in [0.05, 0.1) is 12.1 Å². The molecule has 0 saturated heterocycles. The standard InChI is InChI=1S/C22H22N2OS/c1-15-6-8-16(9-7-15)12-21(25)24-22-23-20(14-26-22)19-11-10-17-4-2-3-5-18(17)13-19/h6-11,13-14H,2-5,12H2,1H3,(H,23,24,25). The normalized spacial score (nSPS) is 13.3. The van der Waals surface area contributed by atoms with Crippen molar-refractivity contribution in [3.8, 4) is 11.3 Å². The van der Waals surface area contributed by atoms with Gasteiger partial charge in [-0.3, -0.25) is 4.79 Å². The number of carbonyl (C=O) groups is 1. The Labute approximate surface area is 158 Å². The summed E-state index contributed by atoms with van der Waals surface area (Å²) in [5, 5.41) is 5.61. The van der Waals surface area contributed by atoms with Gasteiger partial charge in [-0.05, 0) is 55.4 Å². The Balaban J connectivity index is 1.44. The minimum atomic E-state index is -0.0276. The van der Waals surface area contributed by atoms with Crippen LogP contribution in [-0.2, 0) is 24.1 Å². The second kappa shape index (κ2) is 7.42. The largest absolute Gasteiger partial charge is 0.302 e. The minimum absolute atomic E-state index is 0.0276. The van der Waals surface area contributed by atoms with Crippen molar-refractivity contribution in [3.05, 3.63) is 70.1 Å². The Kier molecular flexibility index (Phi) is 4.85. The Morgan fingerprint density at radius 3 is 2.65 bits per heavy atom. The third-order valence-corrected chi connectivity index (χ3v) is 5.64. The SMILES string of the molecule is Cc1ccc(CC(=O)Nc2nc(-c3ccc4c(c3)CCCC4)cs2)cc1. The molecule has 1 heterocycles. The van der Waals surface area contributed by atoms with Gasteiger partial charge in [0.15, 0.2) is 5.13 Å². The molecule has 3 nitrogen and oxygen atoms in total. The molecule has 0 saturated carbocycles. The molecular weight excluding hydrogens is 340 g/mol. The third-order valence-electron chi connectivity index (χ3n) is 4.88. The van der Waals surface area contributed by atoms with Crippen LogP contribution in [0.25, 0.3) is 11.3 Å². The molecule has 1 aliphatic rings. The molecule has 0 atom stereocenters. The highest BCUT2D eigenvalue weighted by atomic mass is 32.1. The summed E-state index contributed by atoms with van der Waals surface area (Å²) < 4.78 is 0. The van der Waals surface area contributed by atoms with E-state index in [4.69, 9.17) is 0 Å². The number of aryl methyl sites for hydroxylation is 3. The predicted molar refractivity (Wildman–Crippen MR) is 108 cm³/mol. The molecule has 0 spiro atoms.